The number of Topliss-reactive ketones (excluding diaryl/α,β-unsaturated/α-hetero) is 1. The molecule has 64 heavy (non-hydrogen) atoms. The molecule has 4 N–H and O–H groups in total. The van der Waals surface area contributed by atoms with Crippen molar-refractivity contribution >= 4 is 17.8 Å². The number of aromatic nitrogens is 1. The number of carbonyl (C=O) groups is 3. The van der Waals surface area contributed by atoms with Gasteiger partial charge >= 0.3 is 12.1 Å². The summed E-state index contributed by atoms with van der Waals surface area (Å²) in [6.45, 7) is 19.7. The van der Waals surface area contributed by atoms with Crippen LogP contribution in [0.15, 0.2) is 36.5 Å². The zero-order valence-corrected chi connectivity index (χ0v) is 39.8. The molecule has 6 aliphatic rings. The van der Waals surface area contributed by atoms with E-state index in [2.05, 4.69) is 31.1 Å². The third-order valence-corrected chi connectivity index (χ3v) is 17.1. The van der Waals surface area contributed by atoms with E-state index in [9.17, 15) is 29.7 Å². The molecule has 0 bridgehead atoms. The van der Waals surface area contributed by atoms with E-state index in [0.29, 0.717) is 69.9 Å². The number of aliphatic hydroxyl groups is 2. The van der Waals surface area contributed by atoms with Crippen LogP contribution in [0.5, 0.6) is 0 Å². The second-order valence-corrected chi connectivity index (χ2v) is 21.0. The fourth-order valence-electron chi connectivity index (χ4n) is 12.6. The van der Waals surface area contributed by atoms with Crippen molar-refractivity contribution < 1.29 is 58.1 Å². The molecule has 5 fully saturated rings. The summed E-state index contributed by atoms with van der Waals surface area (Å²) in [5.74, 6) is -5.79. The molecule has 6 heterocycles. The topological polar surface area (TPSA) is 192 Å². The highest BCUT2D eigenvalue weighted by atomic mass is 16.8. The number of aliphatic carboxylic acids is 1. The van der Waals surface area contributed by atoms with Crippen LogP contribution in [0.1, 0.15) is 146 Å². The first-order valence-electron chi connectivity index (χ1n) is 24.3. The molecule has 1 unspecified atom stereocenters. The summed E-state index contributed by atoms with van der Waals surface area (Å²) in [4.78, 5) is 44.7. The molecule has 5 aliphatic heterocycles. The fraction of sp³-hybridized carbons (Fsp3) is 0.800. The smallest absolute Gasteiger partial charge is 0.408 e. The first-order valence-corrected chi connectivity index (χ1v) is 24.3. The zero-order chi connectivity index (χ0) is 46.6. The van der Waals surface area contributed by atoms with Gasteiger partial charge < -0.3 is 49.1 Å². The van der Waals surface area contributed by atoms with Gasteiger partial charge in [-0.2, -0.15) is 0 Å². The average molecular weight is 897 g/mol. The molecule has 14 nitrogen and oxygen atoms in total. The lowest BCUT2D eigenvalue weighted by Gasteiger charge is -2.55. The number of hydrogen-bond acceptors (Lipinski definition) is 12. The lowest BCUT2D eigenvalue weighted by molar-refractivity contribution is -0.398. The molecule has 3 spiro atoms. The van der Waals surface area contributed by atoms with Crippen LogP contribution >= 0.6 is 0 Å². The number of nitrogens with one attached hydrogen (secondary N) is 1. The van der Waals surface area contributed by atoms with E-state index in [0.717, 1.165) is 6.42 Å². The molecule has 14 heteroatoms. The van der Waals surface area contributed by atoms with Crippen LogP contribution in [0.25, 0.3) is 0 Å². The van der Waals surface area contributed by atoms with Crippen molar-refractivity contribution in [2.45, 2.75) is 211 Å². The minimum atomic E-state index is -1.41. The molecule has 1 aromatic rings. The van der Waals surface area contributed by atoms with Gasteiger partial charge in [-0.15, -0.1) is 0 Å². The van der Waals surface area contributed by atoms with Crippen LogP contribution < -0.4 is 5.32 Å². The molecule has 0 radical (unpaired) electrons. The van der Waals surface area contributed by atoms with Gasteiger partial charge in [0.05, 0.1) is 58.9 Å². The molecule has 1 amide bonds. The molecule has 4 saturated heterocycles. The van der Waals surface area contributed by atoms with Crippen LogP contribution in [0.2, 0.25) is 0 Å². The number of pyridine rings is 1. The summed E-state index contributed by atoms with van der Waals surface area (Å²) in [6.07, 6.45) is 8.12. The van der Waals surface area contributed by atoms with E-state index in [-0.39, 0.29) is 36.2 Å². The summed E-state index contributed by atoms with van der Waals surface area (Å²) < 4.78 is 40.4. The van der Waals surface area contributed by atoms with Gasteiger partial charge in [-0.05, 0) is 108 Å². The summed E-state index contributed by atoms with van der Waals surface area (Å²) in [5, 5.41) is 36.4. The number of aliphatic hydroxyl groups excluding tert-OH is 1. The van der Waals surface area contributed by atoms with E-state index >= 15 is 0 Å². The van der Waals surface area contributed by atoms with Crippen molar-refractivity contribution in [3.8, 4) is 0 Å². The van der Waals surface area contributed by atoms with E-state index < -0.39 is 94.1 Å². The van der Waals surface area contributed by atoms with Gasteiger partial charge in [-0.1, -0.05) is 67.5 Å². The summed E-state index contributed by atoms with van der Waals surface area (Å²) in [6, 6.07) is 4.62. The van der Waals surface area contributed by atoms with E-state index in [1.54, 1.807) is 25.3 Å². The number of carbonyl (C=O) groups excluding carboxylic acids is 2. The first-order chi connectivity index (χ1) is 30.2. The zero-order valence-electron chi connectivity index (χ0n) is 39.8. The predicted octanol–water partition coefficient (Wildman–Crippen LogP) is 7.66. The molecule has 358 valence electrons. The Kier molecular flexibility index (Phi) is 14.0. The average Bonchev–Trinajstić information content (AvgIpc) is 3.73. The Labute approximate surface area is 379 Å². The third-order valence-electron chi connectivity index (χ3n) is 17.1. The van der Waals surface area contributed by atoms with Crippen molar-refractivity contribution in [1.82, 2.24) is 10.3 Å². The number of ketones is 1. The van der Waals surface area contributed by atoms with Gasteiger partial charge in [-0.25, -0.2) is 4.79 Å². The normalized spacial score (nSPS) is 43.7. The Morgan fingerprint density at radius 2 is 1.69 bits per heavy atom. The standard InChI is InChI=1S/C50H76N2O12/c1-11-35(43(55)56)37-18-17-30(5)48(61-37)28-45(48,9)42(54)32(7)40(53)36(12-2)41-29(4)26-31(6)49(62-41)22-19-38(52-44(57)59-27-34-16-14-15-25-51-34)50(64-49)24-23-46(10,63-50)39-20-21-47(58,13-3)33(8)60-39/h14-16,19,22,25,29-33,35-39,41-42,54,58H,11-13,17-18,20-21,23-24,26-28H2,1-10H3,(H,52,57)(H,55,56)/t29-,30-,31+,32+,33-,35+,36-,37+,38+,39+,41-,42+,45?,46-,47+,48+,49-,50-/m0/s1. The van der Waals surface area contributed by atoms with Gasteiger partial charge in [-0.3, -0.25) is 14.6 Å². The maximum absolute atomic E-state index is 14.9. The number of alkyl carbamates (subject to hydrolysis) is 1. The van der Waals surface area contributed by atoms with Crippen LogP contribution in [0, 0.1) is 40.9 Å². The molecule has 0 aromatic carbocycles. The van der Waals surface area contributed by atoms with Crippen molar-refractivity contribution in [2.24, 2.45) is 40.9 Å². The fourth-order valence-corrected chi connectivity index (χ4v) is 12.6. The van der Waals surface area contributed by atoms with Crippen molar-refractivity contribution in [3.05, 3.63) is 42.2 Å². The summed E-state index contributed by atoms with van der Waals surface area (Å²) in [7, 11) is 0. The Bertz CT molecular complexity index is 1880. The molecule has 18 atom stereocenters. The van der Waals surface area contributed by atoms with Crippen molar-refractivity contribution in [2.75, 3.05) is 0 Å². The highest BCUT2D eigenvalue weighted by Crippen LogP contribution is 2.68. The van der Waals surface area contributed by atoms with E-state index in [4.69, 9.17) is 28.4 Å². The van der Waals surface area contributed by atoms with Gasteiger partial charge in [0.2, 0.25) is 0 Å². The SMILES string of the molecule is CC[C@@H](C(=O)[C@@H](C)[C@@H](O)C1(C)C[C@]12O[C@@H]([C@@H](CC)C(=O)O)CC[C@@H]2C)[C@H]1O[C@]2(C=C[C@@H](NC(=O)OCc3ccccn3)[C@]3(CC[C@@](C)([C@H]4CC[C@](O)(CC)[C@H](C)O4)O3)O2)[C@H](C)C[C@@H]1C. The van der Waals surface area contributed by atoms with Crippen LogP contribution in [0.4, 0.5) is 4.79 Å². The number of nitrogens with zero attached hydrogens (tertiary/aromatic N) is 1. The van der Waals surface area contributed by atoms with Gasteiger partial charge in [0, 0.05) is 35.8 Å². The van der Waals surface area contributed by atoms with Gasteiger partial charge in [0.1, 0.15) is 18.4 Å². The van der Waals surface area contributed by atoms with Crippen molar-refractivity contribution in [3.63, 3.8) is 0 Å². The Morgan fingerprint density at radius 3 is 2.33 bits per heavy atom. The third kappa shape index (κ3) is 8.60. The minimum absolute atomic E-state index is 0.0242. The van der Waals surface area contributed by atoms with Crippen molar-refractivity contribution in [1.29, 1.82) is 0 Å². The maximum atomic E-state index is 14.9. The number of hydrogen-bond donors (Lipinski definition) is 4. The Hall–Kier alpha value is -2.98. The molecule has 1 aliphatic carbocycles. The molecule has 7 rings (SSSR count). The number of rotatable bonds is 14. The van der Waals surface area contributed by atoms with Crippen LogP contribution in [-0.4, -0.2) is 103 Å². The Balaban J connectivity index is 1.12. The first kappa shape index (κ1) is 48.9. The quantitative estimate of drug-likeness (QED) is 0.133. The number of amides is 1. The predicted molar refractivity (Wildman–Crippen MR) is 236 cm³/mol. The molecule has 1 aromatic heterocycles. The minimum Gasteiger partial charge on any atom is -0.481 e. The van der Waals surface area contributed by atoms with Crippen LogP contribution in [-0.2, 0) is 44.6 Å². The molecule has 1 saturated carbocycles. The molecular formula is C50H76N2O12. The van der Waals surface area contributed by atoms with E-state index in [1.807, 2.05) is 59.8 Å². The highest BCUT2D eigenvalue weighted by molar-refractivity contribution is 5.84. The maximum Gasteiger partial charge on any atom is 0.408 e. The largest absolute Gasteiger partial charge is 0.481 e. The van der Waals surface area contributed by atoms with Crippen LogP contribution in [0.3, 0.4) is 0 Å². The lowest BCUT2D eigenvalue weighted by atomic mass is 9.72. The number of carboxylic acid groups (broad SMARTS) is 1. The monoisotopic (exact) mass is 897 g/mol. The second-order valence-electron chi connectivity index (χ2n) is 21.0. The number of carboxylic acids is 1. The number of ether oxygens (including phenoxy) is 6. The molecular weight excluding hydrogens is 821 g/mol. The van der Waals surface area contributed by atoms with Gasteiger partial charge in [0.15, 0.2) is 11.6 Å². The second kappa shape index (κ2) is 18.3. The Morgan fingerprint density at radius 1 is 0.953 bits per heavy atom. The summed E-state index contributed by atoms with van der Waals surface area (Å²) >= 11 is 0. The lowest BCUT2D eigenvalue weighted by Crippen LogP contribution is -2.65. The van der Waals surface area contributed by atoms with Gasteiger partial charge in [0.25, 0.3) is 0 Å². The summed E-state index contributed by atoms with van der Waals surface area (Å²) in [5.41, 5.74) is -2.60. The van der Waals surface area contributed by atoms with E-state index in [1.165, 1.54) is 0 Å². The highest BCUT2D eigenvalue weighted by Gasteiger charge is 2.74.